The smallest absolute Gasteiger partial charge is 0.0562 e. The van der Waals surface area contributed by atoms with Crippen LogP contribution in [0, 0.1) is 0 Å². The van der Waals surface area contributed by atoms with Crippen LogP contribution in [0.5, 0.6) is 0 Å². The second kappa shape index (κ2) is 15.1. The van der Waals surface area contributed by atoms with Gasteiger partial charge in [0.25, 0.3) is 0 Å². The minimum atomic E-state index is 1.11. The normalized spacial score (nSPS) is 11.3. The first-order valence-electron chi connectivity index (χ1n) is 20.6. The van der Waals surface area contributed by atoms with E-state index in [0.29, 0.717) is 0 Å². The maximum Gasteiger partial charge on any atom is 0.0562 e. The molecule has 0 saturated heterocycles. The Hall–Kier alpha value is -7.94. The number of hydrogen-bond donors (Lipinski definition) is 0. The molecule has 60 heavy (non-hydrogen) atoms. The summed E-state index contributed by atoms with van der Waals surface area (Å²) in [6.07, 6.45) is 0. The molecule has 11 aromatic rings. The van der Waals surface area contributed by atoms with Gasteiger partial charge in [-0.3, -0.25) is 0 Å². The summed E-state index contributed by atoms with van der Waals surface area (Å²) >= 11 is 0. The maximum absolute atomic E-state index is 2.51. The number of nitrogens with zero attached hydrogens (tertiary/aromatic N) is 2. The molecule has 11 rings (SSSR count). The number of para-hydroxylation sites is 3. The summed E-state index contributed by atoms with van der Waals surface area (Å²) in [5.74, 6) is 0. The summed E-state index contributed by atoms with van der Waals surface area (Å²) in [7, 11) is 0. The van der Waals surface area contributed by atoms with Gasteiger partial charge in [-0.2, -0.15) is 0 Å². The van der Waals surface area contributed by atoms with E-state index in [0.717, 1.165) is 39.3 Å². The molecule has 1 aromatic heterocycles. The molecule has 2 heteroatoms. The highest BCUT2D eigenvalue weighted by Gasteiger charge is 2.25. The molecule has 0 N–H and O–H groups in total. The predicted molar refractivity (Wildman–Crippen MR) is 255 cm³/mol. The zero-order valence-electron chi connectivity index (χ0n) is 33.0. The molecule has 10 aromatic carbocycles. The van der Waals surface area contributed by atoms with Crippen LogP contribution in [0.25, 0.3) is 82.8 Å². The van der Waals surface area contributed by atoms with Crippen LogP contribution in [-0.2, 0) is 0 Å². The largest absolute Gasteiger partial charge is 0.309 e. The van der Waals surface area contributed by atoms with Gasteiger partial charge in [-0.25, -0.2) is 0 Å². The van der Waals surface area contributed by atoms with Crippen LogP contribution in [0.2, 0.25) is 0 Å². The molecule has 0 atom stereocenters. The molecule has 0 amide bonds. The summed E-state index contributed by atoms with van der Waals surface area (Å²) in [5, 5.41) is 4.84. The molecule has 0 aliphatic carbocycles. The van der Waals surface area contributed by atoms with Crippen LogP contribution >= 0.6 is 0 Å². The highest BCUT2D eigenvalue weighted by atomic mass is 15.2. The third kappa shape index (κ3) is 6.06. The third-order valence-corrected chi connectivity index (χ3v) is 11.8. The molecular formula is C58H40N2. The van der Waals surface area contributed by atoms with Crippen molar-refractivity contribution in [3.63, 3.8) is 0 Å². The highest BCUT2D eigenvalue weighted by Crippen LogP contribution is 2.49. The molecule has 1 heterocycles. The van der Waals surface area contributed by atoms with E-state index in [9.17, 15) is 0 Å². The van der Waals surface area contributed by atoms with E-state index >= 15 is 0 Å². The first kappa shape index (κ1) is 35.2. The Morgan fingerprint density at radius 1 is 0.283 bits per heavy atom. The van der Waals surface area contributed by atoms with Gasteiger partial charge in [-0.1, -0.05) is 200 Å². The van der Waals surface area contributed by atoms with Crippen LogP contribution in [-0.4, -0.2) is 4.57 Å². The zero-order valence-corrected chi connectivity index (χ0v) is 33.0. The third-order valence-electron chi connectivity index (χ3n) is 11.8. The number of hydrogen-bond acceptors (Lipinski definition) is 1. The fourth-order valence-corrected chi connectivity index (χ4v) is 9.16. The molecule has 0 radical (unpaired) electrons. The fourth-order valence-electron chi connectivity index (χ4n) is 9.16. The summed E-state index contributed by atoms with van der Waals surface area (Å²) < 4.78 is 2.45. The number of benzene rings is 10. The highest BCUT2D eigenvalue weighted by molar-refractivity contribution is 6.17. The second-order valence-electron chi connectivity index (χ2n) is 15.2. The van der Waals surface area contributed by atoms with Gasteiger partial charge in [0.1, 0.15) is 0 Å². The fraction of sp³-hybridized carbons (Fsp3) is 0. The number of fused-ring (bicyclic) bond motifs is 4. The summed E-state index contributed by atoms with van der Waals surface area (Å²) in [6.45, 7) is 0. The predicted octanol–water partition coefficient (Wildman–Crippen LogP) is 16.1. The van der Waals surface area contributed by atoms with Crippen molar-refractivity contribution in [1.29, 1.82) is 0 Å². The van der Waals surface area contributed by atoms with E-state index in [1.54, 1.807) is 0 Å². The number of aromatic nitrogens is 1. The van der Waals surface area contributed by atoms with Crippen molar-refractivity contribution in [2.45, 2.75) is 0 Å². The van der Waals surface area contributed by atoms with E-state index in [4.69, 9.17) is 0 Å². The van der Waals surface area contributed by atoms with Gasteiger partial charge in [0.2, 0.25) is 0 Å². The van der Waals surface area contributed by atoms with Crippen molar-refractivity contribution in [3.8, 4) is 50.2 Å². The topological polar surface area (TPSA) is 8.17 Å². The van der Waals surface area contributed by atoms with Gasteiger partial charge in [-0.05, 0) is 86.6 Å². The quantitative estimate of drug-likeness (QED) is 0.150. The molecule has 282 valence electrons. The molecule has 0 unspecified atom stereocenters. The summed E-state index contributed by atoms with van der Waals surface area (Å²) in [5.41, 5.74) is 16.3. The number of anilines is 3. The van der Waals surface area contributed by atoms with Gasteiger partial charge >= 0.3 is 0 Å². The van der Waals surface area contributed by atoms with Gasteiger partial charge in [0.15, 0.2) is 0 Å². The molecule has 0 aliphatic heterocycles. The Labute approximate surface area is 350 Å². The van der Waals surface area contributed by atoms with E-state index in [2.05, 4.69) is 252 Å². The first-order chi connectivity index (χ1) is 29.8. The molecule has 0 aliphatic rings. The van der Waals surface area contributed by atoms with Gasteiger partial charge in [0.05, 0.1) is 28.1 Å². The Morgan fingerprint density at radius 2 is 0.750 bits per heavy atom. The molecule has 0 saturated carbocycles. The lowest BCUT2D eigenvalue weighted by Gasteiger charge is -2.31. The van der Waals surface area contributed by atoms with Crippen molar-refractivity contribution in [2.75, 3.05) is 4.90 Å². The Balaban J connectivity index is 1.18. The molecular weight excluding hydrogens is 725 g/mol. The van der Waals surface area contributed by atoms with Crippen molar-refractivity contribution in [1.82, 2.24) is 4.57 Å². The van der Waals surface area contributed by atoms with Gasteiger partial charge < -0.3 is 9.47 Å². The van der Waals surface area contributed by atoms with Crippen LogP contribution in [0.4, 0.5) is 17.1 Å². The first-order valence-corrected chi connectivity index (χ1v) is 20.6. The van der Waals surface area contributed by atoms with Crippen LogP contribution < -0.4 is 4.90 Å². The van der Waals surface area contributed by atoms with Crippen molar-refractivity contribution in [3.05, 3.63) is 243 Å². The SMILES string of the molecule is c1ccc(-c2ccccc2-c2cccc(-n3c4ccccc4c4c(N(c5ccccc5-c5ccccc5)c5ccccc5-c5cccc6ccccc56)cccc43)c2)cc1. The standard InChI is InChI=1S/C58H40N2/c1-3-20-41(21-4-1)46-28-9-10-30-48(46)44-26-17-27-45(40-44)59-55-37-16-13-33-52(55)58-56(59)38-19-39-57(58)60(53-35-14-11-31-49(53)43-22-5-2-6-23-43)54-36-15-12-32-51(54)50-34-18-25-42-24-7-8-29-47(42)50/h1-40H. The lowest BCUT2D eigenvalue weighted by molar-refractivity contribution is 1.18. The van der Waals surface area contributed by atoms with E-state index in [-0.39, 0.29) is 0 Å². The molecule has 0 fully saturated rings. The Kier molecular flexibility index (Phi) is 8.87. The van der Waals surface area contributed by atoms with E-state index in [1.165, 1.54) is 60.5 Å². The van der Waals surface area contributed by atoms with Crippen LogP contribution in [0.1, 0.15) is 0 Å². The minimum Gasteiger partial charge on any atom is -0.309 e. The lowest BCUT2D eigenvalue weighted by atomic mass is 9.94. The maximum atomic E-state index is 2.51. The van der Waals surface area contributed by atoms with Crippen LogP contribution in [0.15, 0.2) is 243 Å². The average molecular weight is 765 g/mol. The molecule has 2 nitrogen and oxygen atoms in total. The van der Waals surface area contributed by atoms with Crippen molar-refractivity contribution in [2.24, 2.45) is 0 Å². The van der Waals surface area contributed by atoms with E-state index in [1.807, 2.05) is 0 Å². The summed E-state index contributed by atoms with van der Waals surface area (Å²) in [4.78, 5) is 2.51. The van der Waals surface area contributed by atoms with Crippen molar-refractivity contribution >= 4 is 49.6 Å². The zero-order chi connectivity index (χ0) is 39.8. The van der Waals surface area contributed by atoms with Gasteiger partial charge in [-0.15, -0.1) is 0 Å². The van der Waals surface area contributed by atoms with Crippen molar-refractivity contribution < 1.29 is 0 Å². The minimum absolute atomic E-state index is 1.11. The molecule has 0 spiro atoms. The van der Waals surface area contributed by atoms with E-state index < -0.39 is 0 Å². The lowest BCUT2D eigenvalue weighted by Crippen LogP contribution is -2.13. The number of rotatable bonds is 8. The molecule has 0 bridgehead atoms. The average Bonchev–Trinajstić information content (AvgIpc) is 3.67. The second-order valence-corrected chi connectivity index (χ2v) is 15.2. The monoisotopic (exact) mass is 764 g/mol. The van der Waals surface area contributed by atoms with Crippen LogP contribution in [0.3, 0.4) is 0 Å². The Bertz CT molecular complexity index is 3320. The Morgan fingerprint density at radius 3 is 1.52 bits per heavy atom. The van der Waals surface area contributed by atoms with Gasteiger partial charge in [0, 0.05) is 27.6 Å². The summed E-state index contributed by atoms with van der Waals surface area (Å²) in [6, 6.07) is 87.9.